The molecule has 4 aliphatic carbocycles. The molecule has 8 rings (SSSR count). The lowest BCUT2D eigenvalue weighted by atomic mass is 9.42. The number of benzene rings is 2. The summed E-state index contributed by atoms with van der Waals surface area (Å²) in [5, 5.41) is 0. The van der Waals surface area contributed by atoms with Crippen LogP contribution in [0.4, 0.5) is 0 Å². The van der Waals surface area contributed by atoms with Gasteiger partial charge in [-0.25, -0.2) is 0 Å². The lowest BCUT2D eigenvalue weighted by Gasteiger charge is -2.62. The van der Waals surface area contributed by atoms with Crippen molar-refractivity contribution in [2.45, 2.75) is 61.6 Å². The van der Waals surface area contributed by atoms with Gasteiger partial charge in [-0.2, -0.15) is 0 Å². The largest absolute Gasteiger partial charge is 0.491 e. The van der Waals surface area contributed by atoms with Crippen molar-refractivity contribution < 1.29 is 18.9 Å². The maximum atomic E-state index is 5.90. The van der Waals surface area contributed by atoms with Gasteiger partial charge in [-0.3, -0.25) is 0 Å². The molecular weight excluding hydrogens is 400 g/mol. The minimum absolute atomic E-state index is 0.302. The predicted octanol–water partition coefficient (Wildman–Crippen LogP) is 5.03. The first-order valence-electron chi connectivity index (χ1n) is 12.4. The Hall–Kier alpha value is -2.04. The quantitative estimate of drug-likeness (QED) is 0.549. The summed E-state index contributed by atoms with van der Waals surface area (Å²) in [5.74, 6) is 3.64. The Labute approximate surface area is 190 Å². The molecule has 4 atom stereocenters. The molecule has 4 nitrogen and oxygen atoms in total. The molecule has 0 aromatic heterocycles. The Morgan fingerprint density at radius 2 is 1.06 bits per heavy atom. The Balaban J connectivity index is 1.13. The van der Waals surface area contributed by atoms with Crippen LogP contribution in [-0.2, 0) is 20.3 Å². The molecule has 2 aromatic rings. The standard InChI is InChI=1S/C28H32O4/c1-5-23(29-14-25-16-31-25)6-2-21(1)27-10-19-9-20(11-27)13-28(12-19,18-27)22-3-7-24(8-4-22)30-15-26-17-32-26/h1-8,19-20,25-26H,9-18H2/t19?,20?,25-,26?,27?,28?/m1/s1. The lowest BCUT2D eigenvalue weighted by molar-refractivity contribution is -0.0281. The van der Waals surface area contributed by atoms with E-state index in [9.17, 15) is 0 Å². The molecule has 3 unspecified atom stereocenters. The molecule has 0 amide bonds. The van der Waals surface area contributed by atoms with E-state index in [0.29, 0.717) is 36.3 Å². The van der Waals surface area contributed by atoms with Crippen LogP contribution in [0, 0.1) is 11.8 Å². The third kappa shape index (κ3) is 3.52. The number of ether oxygens (including phenoxy) is 4. The van der Waals surface area contributed by atoms with Crippen molar-refractivity contribution in [3.63, 3.8) is 0 Å². The summed E-state index contributed by atoms with van der Waals surface area (Å²) in [5.41, 5.74) is 3.69. The van der Waals surface area contributed by atoms with Gasteiger partial charge in [0.2, 0.25) is 0 Å². The fourth-order valence-electron chi connectivity index (χ4n) is 7.45. The molecule has 0 spiro atoms. The van der Waals surface area contributed by atoms with Crippen molar-refractivity contribution in [2.75, 3.05) is 26.4 Å². The number of hydrogen-bond donors (Lipinski definition) is 0. The fourth-order valence-corrected chi connectivity index (χ4v) is 7.45. The van der Waals surface area contributed by atoms with Crippen LogP contribution in [-0.4, -0.2) is 38.6 Å². The molecule has 4 bridgehead atoms. The Morgan fingerprint density at radius 1 is 0.656 bits per heavy atom. The summed E-state index contributed by atoms with van der Waals surface area (Å²) >= 11 is 0. The first kappa shape index (κ1) is 19.4. The monoisotopic (exact) mass is 432 g/mol. The van der Waals surface area contributed by atoms with Crippen molar-refractivity contribution >= 4 is 0 Å². The van der Waals surface area contributed by atoms with Gasteiger partial charge in [0.1, 0.15) is 36.9 Å². The van der Waals surface area contributed by atoms with Gasteiger partial charge >= 0.3 is 0 Å². The van der Waals surface area contributed by atoms with Crippen molar-refractivity contribution in [1.29, 1.82) is 0 Å². The Morgan fingerprint density at radius 3 is 1.44 bits per heavy atom. The van der Waals surface area contributed by atoms with Crippen LogP contribution in [0.15, 0.2) is 48.5 Å². The molecule has 6 aliphatic rings. The van der Waals surface area contributed by atoms with Gasteiger partial charge in [-0.15, -0.1) is 0 Å². The van der Waals surface area contributed by atoms with Gasteiger partial charge in [0.15, 0.2) is 0 Å². The summed E-state index contributed by atoms with van der Waals surface area (Å²) in [4.78, 5) is 0. The van der Waals surface area contributed by atoms with E-state index in [2.05, 4.69) is 48.5 Å². The maximum Gasteiger partial charge on any atom is 0.119 e. The van der Waals surface area contributed by atoms with E-state index in [1.54, 1.807) is 0 Å². The molecule has 0 N–H and O–H groups in total. The molecule has 2 aromatic carbocycles. The van der Waals surface area contributed by atoms with Gasteiger partial charge in [0, 0.05) is 0 Å². The van der Waals surface area contributed by atoms with E-state index >= 15 is 0 Å². The van der Waals surface area contributed by atoms with E-state index in [1.807, 2.05) is 0 Å². The zero-order valence-corrected chi connectivity index (χ0v) is 18.6. The second-order valence-corrected chi connectivity index (χ2v) is 11.1. The van der Waals surface area contributed by atoms with Crippen LogP contribution in [0.1, 0.15) is 49.7 Å². The topological polar surface area (TPSA) is 43.5 Å². The molecular formula is C28H32O4. The normalized spacial score (nSPS) is 38.5. The third-order valence-corrected chi connectivity index (χ3v) is 8.67. The predicted molar refractivity (Wildman–Crippen MR) is 121 cm³/mol. The molecule has 4 saturated carbocycles. The Kier molecular flexibility index (Phi) is 4.39. The lowest BCUT2D eigenvalue weighted by Crippen LogP contribution is -2.55. The highest BCUT2D eigenvalue weighted by atomic mass is 16.6. The first-order chi connectivity index (χ1) is 15.7. The van der Waals surface area contributed by atoms with Crippen molar-refractivity contribution in [1.82, 2.24) is 0 Å². The van der Waals surface area contributed by atoms with Gasteiger partial charge in [-0.05, 0) is 96.6 Å². The molecule has 2 heterocycles. The SMILES string of the molecule is c1cc(C23CC4CC(C2)CC(c2ccc(OC[C@@H]5CO5)cc2)(C4)C3)ccc1OCC1CO1. The molecule has 0 radical (unpaired) electrons. The van der Waals surface area contributed by atoms with Crippen LogP contribution >= 0.6 is 0 Å². The average Bonchev–Trinajstić information content (AvgIpc) is 3.71. The highest BCUT2D eigenvalue weighted by Gasteiger charge is 2.58. The second-order valence-electron chi connectivity index (χ2n) is 11.1. The van der Waals surface area contributed by atoms with Crippen LogP contribution in [0.2, 0.25) is 0 Å². The van der Waals surface area contributed by atoms with E-state index in [1.165, 1.54) is 49.7 Å². The third-order valence-electron chi connectivity index (χ3n) is 8.67. The summed E-state index contributed by atoms with van der Waals surface area (Å²) < 4.78 is 22.3. The minimum atomic E-state index is 0.302. The smallest absolute Gasteiger partial charge is 0.119 e. The van der Waals surface area contributed by atoms with Crippen molar-refractivity contribution in [3.8, 4) is 11.5 Å². The Bertz CT molecular complexity index is 882. The van der Waals surface area contributed by atoms with Crippen LogP contribution < -0.4 is 9.47 Å². The molecule has 6 fully saturated rings. The highest BCUT2D eigenvalue weighted by Crippen LogP contribution is 2.66. The van der Waals surface area contributed by atoms with E-state index < -0.39 is 0 Å². The molecule has 2 aliphatic heterocycles. The number of rotatable bonds is 8. The fraction of sp³-hybridized carbons (Fsp3) is 0.571. The second kappa shape index (κ2) is 7.23. The average molecular weight is 433 g/mol. The van der Waals surface area contributed by atoms with Gasteiger partial charge in [0.25, 0.3) is 0 Å². The summed E-state index contributed by atoms with van der Waals surface area (Å²) in [6.45, 7) is 3.03. The van der Waals surface area contributed by atoms with Gasteiger partial charge < -0.3 is 18.9 Å². The zero-order chi connectivity index (χ0) is 21.2. The van der Waals surface area contributed by atoms with Crippen LogP contribution in [0.25, 0.3) is 0 Å². The highest BCUT2D eigenvalue weighted by molar-refractivity contribution is 5.41. The van der Waals surface area contributed by atoms with E-state index in [4.69, 9.17) is 18.9 Å². The summed E-state index contributed by atoms with van der Waals surface area (Å²) in [6, 6.07) is 18.1. The van der Waals surface area contributed by atoms with E-state index in [0.717, 1.165) is 36.5 Å². The van der Waals surface area contributed by atoms with Crippen LogP contribution in [0.5, 0.6) is 11.5 Å². The number of epoxide rings is 2. The molecule has 168 valence electrons. The summed E-state index contributed by atoms with van der Waals surface area (Å²) in [6.07, 6.45) is 8.71. The molecule has 4 heteroatoms. The maximum absolute atomic E-state index is 5.90. The van der Waals surface area contributed by atoms with E-state index in [-0.39, 0.29) is 0 Å². The van der Waals surface area contributed by atoms with Crippen LogP contribution in [0.3, 0.4) is 0 Å². The van der Waals surface area contributed by atoms with Gasteiger partial charge in [0.05, 0.1) is 13.2 Å². The molecule has 2 saturated heterocycles. The summed E-state index contributed by atoms with van der Waals surface area (Å²) in [7, 11) is 0. The zero-order valence-electron chi connectivity index (χ0n) is 18.6. The van der Waals surface area contributed by atoms with Crippen molar-refractivity contribution in [2.24, 2.45) is 11.8 Å². The first-order valence-corrected chi connectivity index (χ1v) is 12.4. The van der Waals surface area contributed by atoms with Crippen molar-refractivity contribution in [3.05, 3.63) is 59.7 Å². The molecule has 32 heavy (non-hydrogen) atoms. The minimum Gasteiger partial charge on any atom is -0.491 e. The van der Waals surface area contributed by atoms with Gasteiger partial charge in [-0.1, -0.05) is 24.3 Å². The number of hydrogen-bond acceptors (Lipinski definition) is 4.